The Balaban J connectivity index is 2.19. The molecule has 0 aromatic heterocycles. The molecule has 0 radical (unpaired) electrons. The highest BCUT2D eigenvalue weighted by molar-refractivity contribution is 5.31. The number of halogens is 3. The third-order valence-electron chi connectivity index (χ3n) is 3.68. The van der Waals surface area contributed by atoms with Gasteiger partial charge in [-0.3, -0.25) is 4.90 Å². The smallest absolute Gasteiger partial charge is 0.387 e. The summed E-state index contributed by atoms with van der Waals surface area (Å²) in [6, 6.07) is 6.97. The third-order valence-corrected chi connectivity index (χ3v) is 3.68. The zero-order chi connectivity index (χ0) is 14.0. The van der Waals surface area contributed by atoms with Gasteiger partial charge in [0.1, 0.15) is 0 Å². The largest absolute Gasteiger partial charge is 0.401 e. The van der Waals surface area contributed by atoms with Gasteiger partial charge < -0.3 is 5.11 Å². The van der Waals surface area contributed by atoms with Gasteiger partial charge in [-0.05, 0) is 37.4 Å². The fourth-order valence-electron chi connectivity index (χ4n) is 2.78. The fourth-order valence-corrected chi connectivity index (χ4v) is 2.78. The van der Waals surface area contributed by atoms with Gasteiger partial charge in [0.15, 0.2) is 0 Å². The number of aliphatic hydroxyl groups is 1. The first-order valence-corrected chi connectivity index (χ1v) is 6.41. The first-order valence-electron chi connectivity index (χ1n) is 6.41. The highest BCUT2D eigenvalue weighted by Crippen LogP contribution is 2.32. The minimum atomic E-state index is -4.24. The Morgan fingerprint density at radius 3 is 2.68 bits per heavy atom. The van der Waals surface area contributed by atoms with Crippen molar-refractivity contribution in [3.05, 3.63) is 35.4 Å². The summed E-state index contributed by atoms with van der Waals surface area (Å²) < 4.78 is 37.4. The molecule has 0 amide bonds. The molecule has 0 bridgehead atoms. The number of benzene rings is 1. The average molecular weight is 273 g/mol. The first kappa shape index (κ1) is 14.3. The SMILES string of the molecule is CN(CC(F)(F)F)C1CCCc2ccccc2C1O. The topological polar surface area (TPSA) is 23.5 Å². The van der Waals surface area contributed by atoms with Gasteiger partial charge in [0, 0.05) is 6.04 Å². The van der Waals surface area contributed by atoms with E-state index >= 15 is 0 Å². The molecule has 1 N–H and O–H groups in total. The number of hydrogen-bond acceptors (Lipinski definition) is 2. The maximum Gasteiger partial charge on any atom is 0.401 e. The molecular formula is C14H18F3NO. The van der Waals surface area contributed by atoms with Gasteiger partial charge in [0.25, 0.3) is 0 Å². The van der Waals surface area contributed by atoms with Gasteiger partial charge in [-0.2, -0.15) is 13.2 Å². The van der Waals surface area contributed by atoms with E-state index in [0.29, 0.717) is 6.42 Å². The molecule has 1 aromatic carbocycles. The molecule has 1 aromatic rings. The van der Waals surface area contributed by atoms with Crippen LogP contribution in [0.2, 0.25) is 0 Å². The zero-order valence-electron chi connectivity index (χ0n) is 10.8. The van der Waals surface area contributed by atoms with Gasteiger partial charge in [-0.1, -0.05) is 24.3 Å². The van der Waals surface area contributed by atoms with Gasteiger partial charge in [-0.25, -0.2) is 0 Å². The van der Waals surface area contributed by atoms with Crippen molar-refractivity contribution in [2.75, 3.05) is 13.6 Å². The van der Waals surface area contributed by atoms with Crippen LogP contribution in [0, 0.1) is 0 Å². The summed E-state index contributed by atoms with van der Waals surface area (Å²) in [6.45, 7) is -0.989. The van der Waals surface area contributed by atoms with E-state index in [1.54, 1.807) is 6.07 Å². The minimum Gasteiger partial charge on any atom is -0.387 e. The van der Waals surface area contributed by atoms with Crippen molar-refractivity contribution < 1.29 is 18.3 Å². The van der Waals surface area contributed by atoms with E-state index in [1.165, 1.54) is 11.9 Å². The van der Waals surface area contributed by atoms with Crippen molar-refractivity contribution in [2.45, 2.75) is 37.6 Å². The van der Waals surface area contributed by atoms with E-state index in [-0.39, 0.29) is 0 Å². The second-order valence-corrected chi connectivity index (χ2v) is 5.13. The lowest BCUT2D eigenvalue weighted by Crippen LogP contribution is -2.42. The number of aryl methyl sites for hydroxylation is 1. The first-order chi connectivity index (χ1) is 8.88. The van der Waals surface area contributed by atoms with Crippen LogP contribution in [0.1, 0.15) is 30.1 Å². The van der Waals surface area contributed by atoms with E-state index in [1.807, 2.05) is 18.2 Å². The van der Waals surface area contributed by atoms with E-state index in [2.05, 4.69) is 0 Å². The summed E-state index contributed by atoms with van der Waals surface area (Å²) in [4.78, 5) is 1.22. The summed E-state index contributed by atoms with van der Waals surface area (Å²) >= 11 is 0. The molecule has 1 aliphatic rings. The molecule has 106 valence electrons. The van der Waals surface area contributed by atoms with E-state index in [0.717, 1.165) is 24.0 Å². The van der Waals surface area contributed by atoms with Crippen LogP contribution in [0.25, 0.3) is 0 Å². The predicted octanol–water partition coefficient (Wildman–Crippen LogP) is 2.92. The molecule has 0 fully saturated rings. The highest BCUT2D eigenvalue weighted by Gasteiger charge is 2.35. The predicted molar refractivity (Wildman–Crippen MR) is 66.8 cm³/mol. The Hall–Kier alpha value is -1.07. The molecule has 0 saturated heterocycles. The Kier molecular flexibility index (Phi) is 4.16. The summed E-state index contributed by atoms with van der Waals surface area (Å²) in [5.41, 5.74) is 1.80. The van der Waals surface area contributed by atoms with Crippen molar-refractivity contribution in [2.24, 2.45) is 0 Å². The molecule has 1 aliphatic carbocycles. The van der Waals surface area contributed by atoms with Gasteiger partial charge in [0.05, 0.1) is 12.6 Å². The second kappa shape index (κ2) is 5.51. The Morgan fingerprint density at radius 2 is 2.00 bits per heavy atom. The lowest BCUT2D eigenvalue weighted by atomic mass is 9.98. The third kappa shape index (κ3) is 3.48. The molecule has 5 heteroatoms. The lowest BCUT2D eigenvalue weighted by Gasteiger charge is -2.31. The maximum absolute atomic E-state index is 12.5. The van der Waals surface area contributed by atoms with Crippen LogP contribution in [0.4, 0.5) is 13.2 Å². The van der Waals surface area contributed by atoms with Crippen LogP contribution in [-0.4, -0.2) is 35.8 Å². The van der Waals surface area contributed by atoms with Crippen molar-refractivity contribution in [1.29, 1.82) is 0 Å². The molecule has 0 heterocycles. The molecule has 19 heavy (non-hydrogen) atoms. The van der Waals surface area contributed by atoms with Crippen molar-refractivity contribution in [3.63, 3.8) is 0 Å². The number of hydrogen-bond donors (Lipinski definition) is 1. The lowest BCUT2D eigenvalue weighted by molar-refractivity contribution is -0.152. The Labute approximate surface area is 110 Å². The van der Waals surface area contributed by atoms with E-state index in [9.17, 15) is 18.3 Å². The van der Waals surface area contributed by atoms with E-state index in [4.69, 9.17) is 0 Å². The Morgan fingerprint density at radius 1 is 1.32 bits per heavy atom. The minimum absolute atomic E-state index is 0.481. The number of rotatable bonds is 2. The quantitative estimate of drug-likeness (QED) is 0.837. The zero-order valence-corrected chi connectivity index (χ0v) is 10.8. The monoisotopic (exact) mass is 273 g/mol. The maximum atomic E-state index is 12.5. The average Bonchev–Trinajstić information content (AvgIpc) is 2.47. The second-order valence-electron chi connectivity index (χ2n) is 5.13. The van der Waals surface area contributed by atoms with Crippen LogP contribution in [0.3, 0.4) is 0 Å². The number of nitrogens with zero attached hydrogens (tertiary/aromatic N) is 1. The van der Waals surface area contributed by atoms with Crippen LogP contribution < -0.4 is 0 Å². The number of likely N-dealkylation sites (N-methyl/N-ethyl adjacent to an activating group) is 1. The summed E-state index contributed by atoms with van der Waals surface area (Å²) in [7, 11) is 1.43. The van der Waals surface area contributed by atoms with Crippen molar-refractivity contribution >= 4 is 0 Å². The summed E-state index contributed by atoms with van der Waals surface area (Å²) in [6.07, 6.45) is -2.92. The molecule has 2 nitrogen and oxygen atoms in total. The molecular weight excluding hydrogens is 255 g/mol. The van der Waals surface area contributed by atoms with Gasteiger partial charge in [-0.15, -0.1) is 0 Å². The molecule has 0 aliphatic heterocycles. The Bertz CT molecular complexity index is 433. The number of fused-ring (bicyclic) bond motifs is 1. The fraction of sp³-hybridized carbons (Fsp3) is 0.571. The molecule has 0 spiro atoms. The van der Waals surface area contributed by atoms with Crippen LogP contribution >= 0.6 is 0 Å². The number of aliphatic hydroxyl groups excluding tert-OH is 1. The van der Waals surface area contributed by atoms with Crippen LogP contribution in [0.15, 0.2) is 24.3 Å². The molecule has 2 unspecified atom stereocenters. The molecule has 2 rings (SSSR count). The summed E-state index contributed by atoms with van der Waals surface area (Å²) in [5, 5.41) is 10.4. The molecule has 0 saturated carbocycles. The van der Waals surface area contributed by atoms with Gasteiger partial charge >= 0.3 is 6.18 Å². The normalized spacial score (nSPS) is 24.1. The highest BCUT2D eigenvalue weighted by atomic mass is 19.4. The van der Waals surface area contributed by atoms with Crippen molar-refractivity contribution in [1.82, 2.24) is 4.90 Å². The summed E-state index contributed by atoms with van der Waals surface area (Å²) in [5.74, 6) is 0. The number of alkyl halides is 3. The van der Waals surface area contributed by atoms with Crippen molar-refractivity contribution in [3.8, 4) is 0 Å². The van der Waals surface area contributed by atoms with E-state index < -0.39 is 24.9 Å². The standard InChI is InChI=1S/C14H18F3NO/c1-18(9-14(15,16)17)12-8-4-6-10-5-2-3-7-11(10)13(12)19/h2-3,5,7,12-13,19H,4,6,8-9H2,1H3. The van der Waals surface area contributed by atoms with Gasteiger partial charge in [0.2, 0.25) is 0 Å². The molecule has 2 atom stereocenters. The van der Waals surface area contributed by atoms with Crippen LogP contribution in [0.5, 0.6) is 0 Å². The van der Waals surface area contributed by atoms with Crippen LogP contribution in [-0.2, 0) is 6.42 Å².